The molecule has 0 aromatic heterocycles. The van der Waals surface area contributed by atoms with Gasteiger partial charge in [-0.05, 0) is 18.2 Å². The Morgan fingerprint density at radius 2 is 1.20 bits per heavy atom. The molecule has 30 heavy (non-hydrogen) atoms. The Kier molecular flexibility index (Phi) is 5.85. The average Bonchev–Trinajstić information content (AvgIpc) is 2.73. The second kappa shape index (κ2) is 8.06. The summed E-state index contributed by atoms with van der Waals surface area (Å²) >= 11 is 0. The molecule has 160 valence electrons. The van der Waals surface area contributed by atoms with Crippen molar-refractivity contribution in [3.05, 3.63) is 68.8 Å². The van der Waals surface area contributed by atoms with Crippen LogP contribution >= 0.6 is 0 Å². The summed E-state index contributed by atoms with van der Waals surface area (Å²) in [7, 11) is -8.17. The van der Waals surface area contributed by atoms with Crippen LogP contribution in [0.15, 0.2) is 58.3 Å². The van der Waals surface area contributed by atoms with E-state index in [0.717, 1.165) is 45.0 Å². The van der Waals surface area contributed by atoms with E-state index in [1.165, 1.54) is 12.1 Å². The third-order valence-electron chi connectivity index (χ3n) is 4.56. The fraction of sp³-hybridized carbons (Fsp3) is 0.250. The molecule has 0 unspecified atom stereocenters. The first-order chi connectivity index (χ1) is 14.0. The Balaban J connectivity index is 1.79. The van der Waals surface area contributed by atoms with E-state index in [-0.39, 0.29) is 36.8 Å². The monoisotopic (exact) mass is 456 g/mol. The zero-order valence-corrected chi connectivity index (χ0v) is 17.0. The van der Waals surface area contributed by atoms with E-state index >= 15 is 0 Å². The molecule has 1 aliphatic rings. The van der Waals surface area contributed by atoms with E-state index in [1.54, 1.807) is 0 Å². The number of benzene rings is 2. The fourth-order valence-corrected chi connectivity index (χ4v) is 6.01. The van der Waals surface area contributed by atoms with Gasteiger partial charge in [-0.3, -0.25) is 20.2 Å². The van der Waals surface area contributed by atoms with Gasteiger partial charge in [-0.15, -0.1) is 0 Å². The first-order valence-corrected chi connectivity index (χ1v) is 11.4. The van der Waals surface area contributed by atoms with Gasteiger partial charge in [0, 0.05) is 44.4 Å². The average molecular weight is 456 g/mol. The molecular formula is C16H16N4O8S2. The molecule has 0 atom stereocenters. The van der Waals surface area contributed by atoms with Crippen LogP contribution in [0.1, 0.15) is 0 Å². The molecular weight excluding hydrogens is 440 g/mol. The third-order valence-corrected chi connectivity index (χ3v) is 8.42. The van der Waals surface area contributed by atoms with Crippen molar-refractivity contribution < 1.29 is 26.7 Å². The fourth-order valence-electron chi connectivity index (χ4n) is 3.00. The van der Waals surface area contributed by atoms with Gasteiger partial charge in [0.05, 0.1) is 14.7 Å². The number of nitrogens with zero attached hydrogens (tertiary/aromatic N) is 4. The Morgan fingerprint density at radius 1 is 0.700 bits per heavy atom. The molecule has 0 N–H and O–H groups in total. The standard InChI is InChI=1S/C16H16N4O8S2/c21-19(22)13-5-7-14(8-6-13)29(25,26)17-9-11-18(12-10-17)30(27,28)16-4-2-1-3-15(16)20(23)24/h1-8H,9-12H2. The molecule has 0 aliphatic carbocycles. The van der Waals surface area contributed by atoms with Crippen molar-refractivity contribution >= 4 is 31.4 Å². The topological polar surface area (TPSA) is 161 Å². The zero-order chi connectivity index (χ0) is 22.1. The van der Waals surface area contributed by atoms with E-state index < -0.39 is 40.5 Å². The third kappa shape index (κ3) is 4.02. The highest BCUT2D eigenvalue weighted by Gasteiger charge is 2.36. The van der Waals surface area contributed by atoms with Gasteiger partial charge in [-0.1, -0.05) is 12.1 Å². The van der Waals surface area contributed by atoms with Gasteiger partial charge in [0.1, 0.15) is 0 Å². The molecule has 2 aromatic rings. The summed E-state index contributed by atoms with van der Waals surface area (Å²) in [5.41, 5.74) is -0.812. The Bertz CT molecular complexity index is 1190. The van der Waals surface area contributed by atoms with Crippen LogP contribution in [-0.2, 0) is 20.0 Å². The van der Waals surface area contributed by atoms with Crippen LogP contribution in [0, 0.1) is 20.2 Å². The summed E-state index contributed by atoms with van der Waals surface area (Å²) in [5, 5.41) is 21.9. The predicted molar refractivity (Wildman–Crippen MR) is 104 cm³/mol. The van der Waals surface area contributed by atoms with Crippen LogP contribution in [0.4, 0.5) is 11.4 Å². The number of hydrogen-bond acceptors (Lipinski definition) is 8. The second-order valence-corrected chi connectivity index (χ2v) is 10.1. The number of hydrogen-bond donors (Lipinski definition) is 0. The summed E-state index contributed by atoms with van der Waals surface area (Å²) in [4.78, 5) is 19.8. The van der Waals surface area contributed by atoms with Crippen molar-refractivity contribution in [3.63, 3.8) is 0 Å². The van der Waals surface area contributed by atoms with Crippen molar-refractivity contribution in [1.82, 2.24) is 8.61 Å². The smallest absolute Gasteiger partial charge is 0.258 e. The van der Waals surface area contributed by atoms with Crippen LogP contribution in [0.25, 0.3) is 0 Å². The molecule has 12 nitrogen and oxygen atoms in total. The lowest BCUT2D eigenvalue weighted by Crippen LogP contribution is -2.50. The molecule has 0 bridgehead atoms. The maximum atomic E-state index is 12.8. The van der Waals surface area contributed by atoms with Crippen LogP contribution in [0.5, 0.6) is 0 Å². The van der Waals surface area contributed by atoms with Crippen molar-refractivity contribution in [1.29, 1.82) is 0 Å². The van der Waals surface area contributed by atoms with Crippen molar-refractivity contribution in [2.75, 3.05) is 26.2 Å². The van der Waals surface area contributed by atoms with E-state index in [1.807, 2.05) is 0 Å². The maximum absolute atomic E-state index is 12.8. The summed E-state index contributed by atoms with van der Waals surface area (Å²) in [6, 6.07) is 9.31. The Morgan fingerprint density at radius 3 is 1.70 bits per heavy atom. The molecule has 1 heterocycles. The maximum Gasteiger partial charge on any atom is 0.289 e. The summed E-state index contributed by atoms with van der Waals surface area (Å²) < 4.78 is 53.2. The van der Waals surface area contributed by atoms with Gasteiger partial charge < -0.3 is 0 Å². The minimum absolute atomic E-state index is 0.150. The van der Waals surface area contributed by atoms with E-state index in [2.05, 4.69) is 0 Å². The molecule has 0 radical (unpaired) electrons. The number of rotatable bonds is 6. The lowest BCUT2D eigenvalue weighted by Gasteiger charge is -2.33. The highest BCUT2D eigenvalue weighted by Crippen LogP contribution is 2.28. The molecule has 1 saturated heterocycles. The molecule has 0 saturated carbocycles. The van der Waals surface area contributed by atoms with Gasteiger partial charge >= 0.3 is 0 Å². The minimum atomic E-state index is -4.19. The summed E-state index contributed by atoms with van der Waals surface area (Å²) in [5.74, 6) is 0. The van der Waals surface area contributed by atoms with Crippen LogP contribution in [0.3, 0.4) is 0 Å². The van der Waals surface area contributed by atoms with Gasteiger partial charge in [0.25, 0.3) is 11.4 Å². The van der Waals surface area contributed by atoms with Crippen molar-refractivity contribution in [2.24, 2.45) is 0 Å². The number of nitro benzene ring substituents is 2. The lowest BCUT2D eigenvalue weighted by molar-refractivity contribution is -0.387. The van der Waals surface area contributed by atoms with Crippen molar-refractivity contribution in [2.45, 2.75) is 9.79 Å². The van der Waals surface area contributed by atoms with Crippen molar-refractivity contribution in [3.8, 4) is 0 Å². The number of nitro groups is 2. The molecule has 1 fully saturated rings. The van der Waals surface area contributed by atoms with Gasteiger partial charge in [0.15, 0.2) is 4.90 Å². The minimum Gasteiger partial charge on any atom is -0.258 e. The number of para-hydroxylation sites is 1. The highest BCUT2D eigenvalue weighted by molar-refractivity contribution is 7.89. The van der Waals surface area contributed by atoms with E-state index in [4.69, 9.17) is 0 Å². The molecule has 14 heteroatoms. The van der Waals surface area contributed by atoms with Crippen LogP contribution in [-0.4, -0.2) is 61.5 Å². The summed E-state index contributed by atoms with van der Waals surface area (Å²) in [6.45, 7) is -0.723. The van der Waals surface area contributed by atoms with E-state index in [0.29, 0.717) is 0 Å². The number of sulfonamides is 2. The Labute approximate surface area is 171 Å². The van der Waals surface area contributed by atoms with Gasteiger partial charge in [-0.25, -0.2) is 16.8 Å². The molecule has 2 aromatic carbocycles. The quantitative estimate of drug-likeness (QED) is 0.463. The van der Waals surface area contributed by atoms with E-state index in [9.17, 15) is 37.1 Å². The molecule has 1 aliphatic heterocycles. The lowest BCUT2D eigenvalue weighted by atomic mass is 10.3. The van der Waals surface area contributed by atoms with Gasteiger partial charge in [-0.2, -0.15) is 8.61 Å². The van der Waals surface area contributed by atoms with Crippen LogP contribution < -0.4 is 0 Å². The Hall–Kier alpha value is -2.94. The number of piperazine rings is 1. The molecule has 0 spiro atoms. The first-order valence-electron chi connectivity index (χ1n) is 8.53. The second-order valence-electron chi connectivity index (χ2n) is 6.28. The highest BCUT2D eigenvalue weighted by atomic mass is 32.2. The van der Waals surface area contributed by atoms with Crippen LogP contribution in [0.2, 0.25) is 0 Å². The normalized spacial score (nSPS) is 16.3. The largest absolute Gasteiger partial charge is 0.289 e. The SMILES string of the molecule is O=[N+]([O-])c1ccc(S(=O)(=O)N2CCN(S(=O)(=O)c3ccccc3[N+](=O)[O-])CC2)cc1. The number of non-ortho nitro benzene ring substituents is 1. The zero-order valence-electron chi connectivity index (χ0n) is 15.3. The summed E-state index contributed by atoms with van der Waals surface area (Å²) in [6.07, 6.45) is 0. The molecule has 3 rings (SSSR count). The van der Waals surface area contributed by atoms with Gasteiger partial charge in [0.2, 0.25) is 20.0 Å². The predicted octanol–water partition coefficient (Wildman–Crippen LogP) is 1.20. The molecule has 0 amide bonds. The first kappa shape index (κ1) is 21.8.